The maximum Gasteiger partial charge on any atom is 0.410 e. The Morgan fingerprint density at radius 3 is 2.44 bits per heavy atom. The summed E-state index contributed by atoms with van der Waals surface area (Å²) in [7, 11) is 0. The number of likely N-dealkylation sites (tertiary alicyclic amines) is 1. The summed E-state index contributed by atoms with van der Waals surface area (Å²) < 4.78 is 5.26. The van der Waals surface area contributed by atoms with Crippen molar-refractivity contribution >= 4 is 12.4 Å². The molecule has 0 aromatic carbocycles. The van der Waals surface area contributed by atoms with Crippen molar-refractivity contribution in [2.45, 2.75) is 32.8 Å². The number of hydrogen-bond acceptors (Lipinski definition) is 3. The standard InChI is InChI=1S/C12H19NO3/c1-12(2,3)16-11(15)13-5-9(6-13)10-4-8(10)7-14/h7-10H,4-6H2,1-3H3/t8-,10-/m0/s1. The Labute approximate surface area is 95.9 Å². The largest absolute Gasteiger partial charge is 0.444 e. The van der Waals surface area contributed by atoms with Gasteiger partial charge in [-0.15, -0.1) is 0 Å². The molecule has 0 aromatic rings. The van der Waals surface area contributed by atoms with Crippen LogP contribution in [0.5, 0.6) is 0 Å². The van der Waals surface area contributed by atoms with Gasteiger partial charge in [-0.3, -0.25) is 0 Å². The fourth-order valence-electron chi connectivity index (χ4n) is 2.19. The molecule has 0 spiro atoms. The smallest absolute Gasteiger partial charge is 0.410 e. The van der Waals surface area contributed by atoms with Crippen molar-refractivity contribution in [3.63, 3.8) is 0 Å². The third kappa shape index (κ3) is 2.36. The van der Waals surface area contributed by atoms with E-state index in [1.165, 1.54) is 0 Å². The quantitative estimate of drug-likeness (QED) is 0.672. The van der Waals surface area contributed by atoms with Gasteiger partial charge in [-0.2, -0.15) is 0 Å². The van der Waals surface area contributed by atoms with E-state index < -0.39 is 5.60 Å². The first-order chi connectivity index (χ1) is 7.40. The highest BCUT2D eigenvalue weighted by Crippen LogP contribution is 2.46. The molecule has 2 fully saturated rings. The third-order valence-corrected chi connectivity index (χ3v) is 3.23. The highest BCUT2D eigenvalue weighted by molar-refractivity contribution is 5.69. The molecule has 1 heterocycles. The van der Waals surface area contributed by atoms with Crippen LogP contribution in [0.15, 0.2) is 0 Å². The summed E-state index contributed by atoms with van der Waals surface area (Å²) in [4.78, 5) is 23.9. The van der Waals surface area contributed by atoms with E-state index in [1.807, 2.05) is 20.8 Å². The molecule has 0 N–H and O–H groups in total. The van der Waals surface area contributed by atoms with Gasteiger partial charge in [0.2, 0.25) is 0 Å². The summed E-state index contributed by atoms with van der Waals surface area (Å²) in [6, 6.07) is 0. The van der Waals surface area contributed by atoms with Crippen LogP contribution in [0.3, 0.4) is 0 Å². The van der Waals surface area contributed by atoms with Gasteiger partial charge in [-0.1, -0.05) is 0 Å². The first-order valence-corrected chi connectivity index (χ1v) is 5.84. The lowest BCUT2D eigenvalue weighted by atomic mass is 9.94. The fraction of sp³-hybridized carbons (Fsp3) is 0.833. The number of carbonyl (C=O) groups excluding carboxylic acids is 2. The van der Waals surface area contributed by atoms with Crippen LogP contribution in [0.1, 0.15) is 27.2 Å². The lowest BCUT2D eigenvalue weighted by molar-refractivity contribution is -0.109. The van der Waals surface area contributed by atoms with Crippen molar-refractivity contribution in [2.24, 2.45) is 17.8 Å². The maximum atomic E-state index is 11.6. The molecule has 0 aromatic heterocycles. The summed E-state index contributed by atoms with van der Waals surface area (Å²) in [6.07, 6.45) is 1.82. The minimum absolute atomic E-state index is 0.230. The van der Waals surface area contributed by atoms with Gasteiger partial charge in [-0.05, 0) is 39.0 Å². The Morgan fingerprint density at radius 2 is 2.00 bits per heavy atom. The van der Waals surface area contributed by atoms with E-state index in [1.54, 1.807) is 4.90 Å². The molecular weight excluding hydrogens is 206 g/mol. The van der Waals surface area contributed by atoms with Gasteiger partial charge in [0.1, 0.15) is 11.9 Å². The topological polar surface area (TPSA) is 46.6 Å². The van der Waals surface area contributed by atoms with Gasteiger partial charge in [0.15, 0.2) is 0 Å². The Kier molecular flexibility index (Phi) is 2.68. The van der Waals surface area contributed by atoms with E-state index in [9.17, 15) is 9.59 Å². The number of nitrogens with zero attached hydrogens (tertiary/aromatic N) is 1. The summed E-state index contributed by atoms with van der Waals surface area (Å²) >= 11 is 0. The summed E-state index contributed by atoms with van der Waals surface area (Å²) in [6.45, 7) is 7.11. The van der Waals surface area contributed by atoms with Crippen LogP contribution < -0.4 is 0 Å². The molecule has 0 unspecified atom stereocenters. The van der Waals surface area contributed by atoms with Crippen molar-refractivity contribution in [3.05, 3.63) is 0 Å². The van der Waals surface area contributed by atoms with Gasteiger partial charge >= 0.3 is 6.09 Å². The van der Waals surface area contributed by atoms with E-state index in [4.69, 9.17) is 4.74 Å². The Morgan fingerprint density at radius 1 is 1.38 bits per heavy atom. The SMILES string of the molecule is CC(C)(C)OC(=O)N1CC([C@H]2C[C@H]2C=O)C1. The van der Waals surface area contributed by atoms with Crippen LogP contribution in [0.2, 0.25) is 0 Å². The third-order valence-electron chi connectivity index (χ3n) is 3.23. The highest BCUT2D eigenvalue weighted by Gasteiger charge is 2.48. The number of amides is 1. The zero-order chi connectivity index (χ0) is 11.9. The van der Waals surface area contributed by atoms with E-state index in [2.05, 4.69) is 0 Å². The second-order valence-electron chi connectivity index (χ2n) is 5.84. The number of ether oxygens (including phenoxy) is 1. The van der Waals surface area contributed by atoms with Crippen molar-refractivity contribution in [1.29, 1.82) is 0 Å². The monoisotopic (exact) mass is 225 g/mol. The molecule has 4 heteroatoms. The molecule has 4 nitrogen and oxygen atoms in total. The minimum atomic E-state index is -0.424. The van der Waals surface area contributed by atoms with Crippen molar-refractivity contribution in [2.75, 3.05) is 13.1 Å². The Hall–Kier alpha value is -1.06. The predicted octanol–water partition coefficient (Wildman–Crippen LogP) is 1.69. The van der Waals surface area contributed by atoms with Gasteiger partial charge in [-0.25, -0.2) is 4.79 Å². The van der Waals surface area contributed by atoms with Crippen molar-refractivity contribution in [1.82, 2.24) is 4.90 Å². The van der Waals surface area contributed by atoms with Crippen LogP contribution in [-0.4, -0.2) is 36.0 Å². The zero-order valence-corrected chi connectivity index (χ0v) is 10.1. The fourth-order valence-corrected chi connectivity index (χ4v) is 2.19. The van der Waals surface area contributed by atoms with Gasteiger partial charge in [0, 0.05) is 19.0 Å². The molecule has 1 aliphatic heterocycles. The van der Waals surface area contributed by atoms with Crippen LogP contribution >= 0.6 is 0 Å². The molecular formula is C12H19NO3. The van der Waals surface area contributed by atoms with Crippen LogP contribution in [0.4, 0.5) is 4.79 Å². The zero-order valence-electron chi connectivity index (χ0n) is 10.1. The summed E-state index contributed by atoms with van der Waals surface area (Å²) in [5, 5.41) is 0. The molecule has 90 valence electrons. The number of hydrogen-bond donors (Lipinski definition) is 0. The lowest BCUT2D eigenvalue weighted by Gasteiger charge is -2.40. The highest BCUT2D eigenvalue weighted by atomic mass is 16.6. The average Bonchev–Trinajstić information content (AvgIpc) is 2.77. The van der Waals surface area contributed by atoms with Gasteiger partial charge < -0.3 is 14.4 Å². The molecule has 2 aliphatic rings. The number of aldehydes is 1. The molecule has 2 rings (SSSR count). The second-order valence-corrected chi connectivity index (χ2v) is 5.84. The number of rotatable bonds is 2. The number of carbonyl (C=O) groups is 2. The van der Waals surface area contributed by atoms with Gasteiger partial charge in [0.05, 0.1) is 0 Å². The van der Waals surface area contributed by atoms with Crippen LogP contribution in [0, 0.1) is 17.8 Å². The first kappa shape index (κ1) is 11.4. The van der Waals surface area contributed by atoms with E-state index in [-0.39, 0.29) is 12.0 Å². The Balaban J connectivity index is 1.72. The molecule has 1 saturated carbocycles. The second kappa shape index (κ2) is 3.75. The lowest BCUT2D eigenvalue weighted by Crippen LogP contribution is -2.52. The minimum Gasteiger partial charge on any atom is -0.444 e. The molecule has 0 radical (unpaired) electrons. The first-order valence-electron chi connectivity index (χ1n) is 5.84. The van der Waals surface area contributed by atoms with E-state index >= 15 is 0 Å². The van der Waals surface area contributed by atoms with E-state index in [0.717, 1.165) is 25.8 Å². The van der Waals surface area contributed by atoms with E-state index in [0.29, 0.717) is 11.8 Å². The Bertz CT molecular complexity index is 302. The summed E-state index contributed by atoms with van der Waals surface area (Å²) in [5.41, 5.74) is -0.424. The normalized spacial score (nSPS) is 29.6. The summed E-state index contributed by atoms with van der Waals surface area (Å²) in [5.74, 6) is 1.30. The maximum absolute atomic E-state index is 11.6. The van der Waals surface area contributed by atoms with Crippen LogP contribution in [0.25, 0.3) is 0 Å². The van der Waals surface area contributed by atoms with Crippen molar-refractivity contribution < 1.29 is 14.3 Å². The van der Waals surface area contributed by atoms with Gasteiger partial charge in [0.25, 0.3) is 0 Å². The molecule has 1 amide bonds. The average molecular weight is 225 g/mol. The molecule has 2 atom stereocenters. The van der Waals surface area contributed by atoms with Crippen LogP contribution in [-0.2, 0) is 9.53 Å². The molecule has 16 heavy (non-hydrogen) atoms. The van der Waals surface area contributed by atoms with Crippen molar-refractivity contribution in [3.8, 4) is 0 Å². The predicted molar refractivity (Wildman–Crippen MR) is 59.0 cm³/mol. The molecule has 0 bridgehead atoms. The molecule has 1 saturated heterocycles. The molecule has 1 aliphatic carbocycles.